The predicted octanol–water partition coefficient (Wildman–Crippen LogP) is 5.24. The molecule has 0 aliphatic rings. The second-order valence-electron chi connectivity index (χ2n) is 9.07. The number of aryl methyl sites for hydroxylation is 2. The van der Waals surface area contributed by atoms with Crippen LogP contribution in [-0.2, 0) is 22.6 Å². The van der Waals surface area contributed by atoms with Crippen LogP contribution in [0.25, 0.3) is 0 Å². The van der Waals surface area contributed by atoms with Crippen LogP contribution in [0, 0.1) is 13.8 Å². The number of hydrogen-bond acceptors (Lipinski definition) is 3. The van der Waals surface area contributed by atoms with Gasteiger partial charge >= 0.3 is 0 Å². The number of rotatable bonds is 11. The highest BCUT2D eigenvalue weighted by molar-refractivity contribution is 5.88. The maximum Gasteiger partial charge on any atom is 0.261 e. The average molecular weight is 473 g/mol. The lowest BCUT2D eigenvalue weighted by Crippen LogP contribution is -2.53. The summed E-state index contributed by atoms with van der Waals surface area (Å²) in [5.74, 6) is 0.248. The Labute approximate surface area is 209 Å². The van der Waals surface area contributed by atoms with Gasteiger partial charge in [-0.3, -0.25) is 9.59 Å². The van der Waals surface area contributed by atoms with Gasteiger partial charge in [-0.25, -0.2) is 0 Å². The van der Waals surface area contributed by atoms with Crippen LogP contribution in [0.1, 0.15) is 42.5 Å². The predicted molar refractivity (Wildman–Crippen MR) is 140 cm³/mol. The topological polar surface area (TPSA) is 58.6 Å². The van der Waals surface area contributed by atoms with E-state index in [1.165, 1.54) is 0 Å². The Bertz CT molecular complexity index is 1100. The molecule has 0 spiro atoms. The Hall–Kier alpha value is -3.60. The van der Waals surface area contributed by atoms with Gasteiger partial charge in [-0.15, -0.1) is 0 Å². The summed E-state index contributed by atoms with van der Waals surface area (Å²) in [6.07, 6.45) is 1.23. The van der Waals surface area contributed by atoms with Crippen LogP contribution >= 0.6 is 0 Å². The smallest absolute Gasteiger partial charge is 0.261 e. The van der Waals surface area contributed by atoms with Gasteiger partial charge in [0.1, 0.15) is 11.8 Å². The number of ether oxygens (including phenoxy) is 1. The van der Waals surface area contributed by atoms with Crippen molar-refractivity contribution < 1.29 is 14.3 Å². The van der Waals surface area contributed by atoms with Crippen LogP contribution < -0.4 is 10.1 Å². The van der Waals surface area contributed by atoms with Gasteiger partial charge in [0.15, 0.2) is 6.61 Å². The minimum atomic E-state index is -0.667. The van der Waals surface area contributed by atoms with E-state index in [0.717, 1.165) is 28.7 Å². The minimum Gasteiger partial charge on any atom is -0.484 e. The Kier molecular flexibility index (Phi) is 9.47. The molecule has 0 aliphatic carbocycles. The molecule has 0 aromatic heterocycles. The third-order valence-electron chi connectivity index (χ3n) is 6.26. The Morgan fingerprint density at radius 1 is 0.914 bits per heavy atom. The van der Waals surface area contributed by atoms with E-state index < -0.39 is 6.04 Å². The Morgan fingerprint density at radius 2 is 1.57 bits per heavy atom. The fourth-order valence-corrected chi connectivity index (χ4v) is 3.83. The highest BCUT2D eigenvalue weighted by Gasteiger charge is 2.31. The molecule has 0 bridgehead atoms. The van der Waals surface area contributed by atoms with Gasteiger partial charge in [-0.05, 0) is 56.0 Å². The van der Waals surface area contributed by atoms with Crippen molar-refractivity contribution in [3.05, 3.63) is 101 Å². The molecule has 3 aromatic carbocycles. The maximum atomic E-state index is 13.6. The van der Waals surface area contributed by atoms with Crippen LogP contribution in [0.15, 0.2) is 78.9 Å². The van der Waals surface area contributed by atoms with Crippen molar-refractivity contribution in [1.29, 1.82) is 0 Å². The van der Waals surface area contributed by atoms with Gasteiger partial charge in [-0.2, -0.15) is 0 Å². The number of carbonyl (C=O) groups is 2. The van der Waals surface area contributed by atoms with Crippen molar-refractivity contribution in [2.45, 2.75) is 59.2 Å². The summed E-state index contributed by atoms with van der Waals surface area (Å²) in [7, 11) is 0. The number of hydrogen-bond donors (Lipinski definition) is 1. The molecule has 5 nitrogen and oxygen atoms in total. The fourth-order valence-electron chi connectivity index (χ4n) is 3.83. The zero-order chi connectivity index (χ0) is 25.2. The van der Waals surface area contributed by atoms with Gasteiger partial charge in [0.05, 0.1) is 0 Å². The third-order valence-corrected chi connectivity index (χ3v) is 6.26. The molecule has 5 heteroatoms. The van der Waals surface area contributed by atoms with Crippen molar-refractivity contribution in [2.24, 2.45) is 0 Å². The van der Waals surface area contributed by atoms with E-state index in [9.17, 15) is 9.59 Å². The second kappa shape index (κ2) is 12.7. The molecule has 1 N–H and O–H groups in total. The lowest BCUT2D eigenvalue weighted by atomic mass is 10.0. The standard InChI is InChI=1S/C30H36N2O3/c1-5-24(4)31-30(34)28(19-25-12-7-6-8-13-25)32(20-26-14-10-9-11-23(26)3)29(33)21-35-27-17-15-22(2)16-18-27/h6-18,24,28H,5,19-21H2,1-4H3,(H,31,34)/t24-,28-/m0/s1. The molecule has 2 amide bonds. The van der Waals surface area contributed by atoms with Gasteiger partial charge in [0.25, 0.3) is 5.91 Å². The van der Waals surface area contributed by atoms with E-state index in [4.69, 9.17) is 4.74 Å². The maximum absolute atomic E-state index is 13.6. The monoisotopic (exact) mass is 472 g/mol. The average Bonchev–Trinajstić information content (AvgIpc) is 2.87. The van der Waals surface area contributed by atoms with E-state index in [2.05, 4.69) is 5.32 Å². The molecule has 0 aliphatic heterocycles. The van der Waals surface area contributed by atoms with Crippen molar-refractivity contribution in [1.82, 2.24) is 10.2 Å². The molecule has 0 unspecified atom stereocenters. The molecular weight excluding hydrogens is 436 g/mol. The molecule has 0 saturated carbocycles. The van der Waals surface area contributed by atoms with Gasteiger partial charge in [-0.1, -0.05) is 79.2 Å². The largest absolute Gasteiger partial charge is 0.484 e. The molecule has 0 radical (unpaired) electrons. The van der Waals surface area contributed by atoms with Crippen molar-refractivity contribution in [3.8, 4) is 5.75 Å². The number of nitrogens with zero attached hydrogens (tertiary/aromatic N) is 1. The summed E-state index contributed by atoms with van der Waals surface area (Å²) in [6.45, 7) is 8.22. The molecule has 2 atom stereocenters. The molecule has 35 heavy (non-hydrogen) atoms. The van der Waals surface area contributed by atoms with Crippen molar-refractivity contribution >= 4 is 11.8 Å². The highest BCUT2D eigenvalue weighted by atomic mass is 16.5. The first-order valence-corrected chi connectivity index (χ1v) is 12.2. The first kappa shape index (κ1) is 26.0. The first-order valence-electron chi connectivity index (χ1n) is 12.2. The van der Waals surface area contributed by atoms with Gasteiger partial charge < -0.3 is 15.0 Å². The van der Waals surface area contributed by atoms with Crippen LogP contribution in [0.2, 0.25) is 0 Å². The molecule has 0 fully saturated rings. The van der Waals surface area contributed by atoms with Crippen LogP contribution in [0.5, 0.6) is 5.75 Å². The third kappa shape index (κ3) is 7.71. The number of benzene rings is 3. The Balaban J connectivity index is 1.91. The molecule has 0 heterocycles. The van der Waals surface area contributed by atoms with Crippen LogP contribution in [0.3, 0.4) is 0 Å². The normalized spacial score (nSPS) is 12.5. The second-order valence-corrected chi connectivity index (χ2v) is 9.07. The van der Waals surface area contributed by atoms with Gasteiger partial charge in [0, 0.05) is 19.0 Å². The quantitative estimate of drug-likeness (QED) is 0.415. The summed E-state index contributed by atoms with van der Waals surface area (Å²) in [6, 6.07) is 24.7. The summed E-state index contributed by atoms with van der Waals surface area (Å²) < 4.78 is 5.83. The lowest BCUT2D eigenvalue weighted by Gasteiger charge is -2.32. The zero-order valence-corrected chi connectivity index (χ0v) is 21.2. The molecule has 3 rings (SSSR count). The minimum absolute atomic E-state index is 0.0139. The van der Waals surface area contributed by atoms with E-state index >= 15 is 0 Å². The van der Waals surface area contributed by atoms with Crippen molar-refractivity contribution in [2.75, 3.05) is 6.61 Å². The number of carbonyl (C=O) groups excluding carboxylic acids is 2. The Morgan fingerprint density at radius 3 is 2.23 bits per heavy atom. The SMILES string of the molecule is CC[C@H](C)NC(=O)[C@H](Cc1ccccc1)N(Cc1ccccc1C)C(=O)COc1ccc(C)cc1. The molecule has 184 valence electrons. The van der Waals surface area contributed by atoms with Crippen LogP contribution in [-0.4, -0.2) is 35.4 Å². The number of nitrogens with one attached hydrogen (secondary N) is 1. The van der Waals surface area contributed by atoms with E-state index in [0.29, 0.717) is 18.7 Å². The van der Waals surface area contributed by atoms with E-state index in [-0.39, 0.29) is 24.5 Å². The van der Waals surface area contributed by atoms with Gasteiger partial charge in [0.2, 0.25) is 5.91 Å². The zero-order valence-electron chi connectivity index (χ0n) is 21.2. The molecule has 3 aromatic rings. The van der Waals surface area contributed by atoms with Crippen molar-refractivity contribution in [3.63, 3.8) is 0 Å². The molecular formula is C30H36N2O3. The number of amides is 2. The first-order chi connectivity index (χ1) is 16.9. The highest BCUT2D eigenvalue weighted by Crippen LogP contribution is 2.18. The van der Waals surface area contributed by atoms with E-state index in [1.54, 1.807) is 4.90 Å². The summed E-state index contributed by atoms with van der Waals surface area (Å²) >= 11 is 0. The molecule has 0 saturated heterocycles. The summed E-state index contributed by atoms with van der Waals surface area (Å²) in [5, 5.41) is 3.09. The fraction of sp³-hybridized carbons (Fsp3) is 0.333. The lowest BCUT2D eigenvalue weighted by molar-refractivity contribution is -0.143. The van der Waals surface area contributed by atoms with Crippen LogP contribution in [0.4, 0.5) is 0 Å². The summed E-state index contributed by atoms with van der Waals surface area (Å²) in [5.41, 5.74) is 4.20. The van der Waals surface area contributed by atoms with E-state index in [1.807, 2.05) is 107 Å². The summed E-state index contributed by atoms with van der Waals surface area (Å²) in [4.78, 5) is 28.8.